The predicted molar refractivity (Wildman–Crippen MR) is 96.4 cm³/mol. The van der Waals surface area contributed by atoms with Crippen LogP contribution in [0.4, 0.5) is 0 Å². The van der Waals surface area contributed by atoms with E-state index in [0.717, 1.165) is 22.6 Å². The normalized spacial score (nSPS) is 11.3. The number of methoxy groups -OCH3 is 1. The van der Waals surface area contributed by atoms with Crippen LogP contribution in [0, 0.1) is 0 Å². The van der Waals surface area contributed by atoms with E-state index in [1.54, 1.807) is 24.5 Å². The summed E-state index contributed by atoms with van der Waals surface area (Å²) in [4.78, 5) is 17.0. The van der Waals surface area contributed by atoms with Gasteiger partial charge in [-0.2, -0.15) is 0 Å². The first-order valence-electron chi connectivity index (χ1n) is 7.61. The van der Waals surface area contributed by atoms with E-state index in [9.17, 15) is 4.79 Å². The maximum atomic E-state index is 12.6. The highest BCUT2D eigenvalue weighted by molar-refractivity contribution is 9.10. The molecule has 0 saturated heterocycles. The molecule has 0 aliphatic rings. The number of aryl methyl sites for hydroxylation is 1. The molecule has 24 heavy (non-hydrogen) atoms. The summed E-state index contributed by atoms with van der Waals surface area (Å²) in [5.74, 6) is -0.153. The van der Waals surface area contributed by atoms with E-state index < -0.39 is 0 Å². The molecule has 0 bridgehead atoms. The van der Waals surface area contributed by atoms with Crippen molar-refractivity contribution in [2.24, 2.45) is 0 Å². The van der Waals surface area contributed by atoms with E-state index in [1.807, 2.05) is 16.0 Å². The lowest BCUT2D eigenvalue weighted by molar-refractivity contribution is 0.0939. The van der Waals surface area contributed by atoms with Crippen molar-refractivity contribution in [2.75, 3.05) is 13.7 Å². The zero-order valence-electron chi connectivity index (χ0n) is 13.5. The molecule has 0 aliphatic heterocycles. The van der Waals surface area contributed by atoms with Crippen molar-refractivity contribution >= 4 is 44.3 Å². The van der Waals surface area contributed by atoms with Crippen molar-refractivity contribution in [3.63, 3.8) is 0 Å². The molecule has 0 fully saturated rings. The van der Waals surface area contributed by atoms with E-state index in [4.69, 9.17) is 9.15 Å². The minimum atomic E-state index is -0.153. The van der Waals surface area contributed by atoms with Gasteiger partial charge in [-0.05, 0) is 22.4 Å². The number of ether oxygens (including phenoxy) is 1. The Morgan fingerprint density at radius 2 is 2.33 bits per heavy atom. The summed E-state index contributed by atoms with van der Waals surface area (Å²) in [6.07, 6.45) is 0.907. The highest BCUT2D eigenvalue weighted by Gasteiger charge is 2.18. The topological polar surface area (TPSA) is 69.3 Å². The second-order valence-corrected chi connectivity index (χ2v) is 6.97. The van der Waals surface area contributed by atoms with Gasteiger partial charge < -0.3 is 19.0 Å². The summed E-state index contributed by atoms with van der Waals surface area (Å²) < 4.78 is 13.3. The van der Waals surface area contributed by atoms with Gasteiger partial charge in [0.25, 0.3) is 5.91 Å². The van der Waals surface area contributed by atoms with Gasteiger partial charge in [0.15, 0.2) is 10.3 Å². The number of halogens is 1. The first-order valence-corrected chi connectivity index (χ1v) is 9.28. The largest absolute Gasteiger partial charge is 0.448 e. The predicted octanol–water partition coefficient (Wildman–Crippen LogP) is 3.59. The van der Waals surface area contributed by atoms with Gasteiger partial charge >= 0.3 is 0 Å². The van der Waals surface area contributed by atoms with Crippen LogP contribution in [0.5, 0.6) is 0 Å². The number of aromatic nitrogens is 2. The first-order chi connectivity index (χ1) is 11.6. The summed E-state index contributed by atoms with van der Waals surface area (Å²) in [6.45, 7) is 3.57. The third-order valence-electron chi connectivity index (χ3n) is 3.64. The Balaban J connectivity index is 1.78. The summed E-state index contributed by atoms with van der Waals surface area (Å²) in [5, 5.41) is 5.98. The van der Waals surface area contributed by atoms with E-state index in [-0.39, 0.29) is 5.91 Å². The lowest BCUT2D eigenvalue weighted by atomic mass is 10.3. The number of rotatable bonds is 7. The molecule has 0 spiro atoms. The Bertz CT molecular complexity index is 852. The third kappa shape index (κ3) is 3.55. The van der Waals surface area contributed by atoms with Gasteiger partial charge in [-0.25, -0.2) is 4.98 Å². The zero-order chi connectivity index (χ0) is 17.1. The molecule has 1 amide bonds. The van der Waals surface area contributed by atoms with E-state index >= 15 is 0 Å². The Morgan fingerprint density at radius 3 is 3.04 bits per heavy atom. The number of nitrogens with one attached hydrogen (secondary N) is 1. The number of amides is 1. The quantitative estimate of drug-likeness (QED) is 0.644. The van der Waals surface area contributed by atoms with Crippen molar-refractivity contribution in [2.45, 2.75) is 26.4 Å². The second-order valence-electron chi connectivity index (χ2n) is 5.24. The Labute approximate surface area is 151 Å². The van der Waals surface area contributed by atoms with Gasteiger partial charge in [0.2, 0.25) is 0 Å². The number of carbonyl (C=O) groups excluding carboxylic acids is 1. The van der Waals surface area contributed by atoms with Crippen LogP contribution in [0.1, 0.15) is 28.1 Å². The van der Waals surface area contributed by atoms with Crippen LogP contribution >= 0.6 is 27.3 Å². The number of nitrogens with zero attached hydrogens (tertiary/aromatic N) is 2. The van der Waals surface area contributed by atoms with Gasteiger partial charge in [0.05, 0.1) is 29.4 Å². The number of carbonyl (C=O) groups is 1. The van der Waals surface area contributed by atoms with Gasteiger partial charge in [-0.3, -0.25) is 4.79 Å². The molecule has 3 aromatic rings. The fraction of sp³-hybridized carbons (Fsp3) is 0.375. The van der Waals surface area contributed by atoms with Crippen molar-refractivity contribution in [1.82, 2.24) is 14.9 Å². The highest BCUT2D eigenvalue weighted by Crippen LogP contribution is 2.27. The standard InChI is InChI=1S/C16H18BrN3O3S/c1-3-15-19-10(9-24-15)8-18-16(21)12-6-13-11(7-14(17)23-13)20(12)4-5-22-2/h6-7,9H,3-5,8H2,1-2H3,(H,18,21). The molecule has 0 atom stereocenters. The minimum absolute atomic E-state index is 0.153. The third-order valence-corrected chi connectivity index (χ3v) is 5.08. The minimum Gasteiger partial charge on any atom is -0.448 e. The number of thiazole rings is 1. The Hall–Kier alpha value is -1.64. The molecule has 0 radical (unpaired) electrons. The maximum absolute atomic E-state index is 12.6. The lowest BCUT2D eigenvalue weighted by Gasteiger charge is -2.09. The second kappa shape index (κ2) is 7.50. The number of fused-ring (bicyclic) bond motifs is 1. The summed E-state index contributed by atoms with van der Waals surface area (Å²) >= 11 is 4.93. The van der Waals surface area contributed by atoms with E-state index in [2.05, 4.69) is 33.2 Å². The van der Waals surface area contributed by atoms with E-state index in [1.165, 1.54) is 0 Å². The first kappa shape index (κ1) is 17.2. The zero-order valence-corrected chi connectivity index (χ0v) is 15.9. The van der Waals surface area contributed by atoms with Crippen molar-refractivity contribution in [3.05, 3.63) is 38.6 Å². The SMILES string of the molecule is CCc1nc(CNC(=O)c2cc3oc(Br)cc3n2CCOC)cs1. The van der Waals surface area contributed by atoms with Gasteiger partial charge in [0.1, 0.15) is 5.69 Å². The van der Waals surface area contributed by atoms with Crippen LogP contribution < -0.4 is 5.32 Å². The van der Waals surface area contributed by atoms with Crippen LogP contribution in [0.15, 0.2) is 26.6 Å². The Morgan fingerprint density at radius 1 is 1.50 bits per heavy atom. The molecule has 3 aromatic heterocycles. The fourth-order valence-corrected chi connectivity index (χ4v) is 3.61. The van der Waals surface area contributed by atoms with Crippen LogP contribution in [-0.2, 0) is 24.2 Å². The van der Waals surface area contributed by atoms with Gasteiger partial charge in [0, 0.05) is 31.2 Å². The van der Waals surface area contributed by atoms with E-state index in [0.29, 0.717) is 35.6 Å². The van der Waals surface area contributed by atoms with Gasteiger partial charge in [-0.1, -0.05) is 6.92 Å². The molecule has 0 aliphatic carbocycles. The highest BCUT2D eigenvalue weighted by atomic mass is 79.9. The van der Waals surface area contributed by atoms with Crippen LogP contribution in [0.25, 0.3) is 11.1 Å². The molecule has 0 saturated carbocycles. The lowest BCUT2D eigenvalue weighted by Crippen LogP contribution is -2.26. The molecule has 6 nitrogen and oxygen atoms in total. The van der Waals surface area contributed by atoms with Crippen molar-refractivity contribution in [1.29, 1.82) is 0 Å². The van der Waals surface area contributed by atoms with Crippen LogP contribution in [-0.4, -0.2) is 29.2 Å². The number of hydrogen-bond acceptors (Lipinski definition) is 5. The Kier molecular flexibility index (Phi) is 5.37. The molecule has 128 valence electrons. The maximum Gasteiger partial charge on any atom is 0.268 e. The monoisotopic (exact) mass is 411 g/mol. The van der Waals surface area contributed by atoms with Gasteiger partial charge in [-0.15, -0.1) is 11.3 Å². The summed E-state index contributed by atoms with van der Waals surface area (Å²) in [5.41, 5.74) is 2.97. The molecule has 8 heteroatoms. The smallest absolute Gasteiger partial charge is 0.268 e. The number of hydrogen-bond donors (Lipinski definition) is 1. The average Bonchev–Trinajstić information content (AvgIpc) is 3.25. The average molecular weight is 412 g/mol. The van der Waals surface area contributed by atoms with Crippen LogP contribution in [0.3, 0.4) is 0 Å². The fourth-order valence-electron chi connectivity index (χ4n) is 2.48. The van der Waals surface area contributed by atoms with Crippen molar-refractivity contribution in [3.8, 4) is 0 Å². The number of furan rings is 1. The molecule has 0 unspecified atom stereocenters. The van der Waals surface area contributed by atoms with Crippen LogP contribution in [0.2, 0.25) is 0 Å². The summed E-state index contributed by atoms with van der Waals surface area (Å²) in [7, 11) is 1.64. The molecule has 0 aromatic carbocycles. The molecule has 1 N–H and O–H groups in total. The molecule has 3 heterocycles. The molecular formula is C16H18BrN3O3S. The summed E-state index contributed by atoms with van der Waals surface area (Å²) in [6, 6.07) is 3.61. The molecule has 3 rings (SSSR count). The van der Waals surface area contributed by atoms with Crippen molar-refractivity contribution < 1.29 is 13.9 Å². The molecular weight excluding hydrogens is 394 g/mol.